The van der Waals surface area contributed by atoms with Gasteiger partial charge in [-0.25, -0.2) is 0 Å². The smallest absolute Gasteiger partial charge is 0.168 e. The third-order valence-electron chi connectivity index (χ3n) is 5.47. The minimum absolute atomic E-state index is 0.114. The highest BCUT2D eigenvalue weighted by molar-refractivity contribution is 5.24. The van der Waals surface area contributed by atoms with Crippen LogP contribution in [0.4, 0.5) is 0 Å². The van der Waals surface area contributed by atoms with Crippen molar-refractivity contribution >= 4 is 0 Å². The zero-order chi connectivity index (χ0) is 17.2. The molecular formula is C18H31N3O3. The highest BCUT2D eigenvalue weighted by Crippen LogP contribution is 2.39. The van der Waals surface area contributed by atoms with Crippen molar-refractivity contribution in [2.45, 2.75) is 71.4 Å². The second kappa shape index (κ2) is 7.52. The van der Waals surface area contributed by atoms with Gasteiger partial charge < -0.3 is 19.9 Å². The van der Waals surface area contributed by atoms with Crippen LogP contribution in [0.1, 0.15) is 49.6 Å². The first-order valence-electron chi connectivity index (χ1n) is 9.19. The lowest BCUT2D eigenvalue weighted by atomic mass is 9.86. The van der Waals surface area contributed by atoms with E-state index in [0.717, 1.165) is 43.2 Å². The van der Waals surface area contributed by atoms with E-state index in [1.807, 2.05) is 11.6 Å². The molecule has 1 aromatic heterocycles. The third kappa shape index (κ3) is 3.82. The van der Waals surface area contributed by atoms with Gasteiger partial charge in [0, 0.05) is 37.2 Å². The summed E-state index contributed by atoms with van der Waals surface area (Å²) in [6.45, 7) is 9.29. The molecule has 1 unspecified atom stereocenters. The molecule has 6 heteroatoms. The maximum absolute atomic E-state index is 9.09. The van der Waals surface area contributed by atoms with E-state index in [-0.39, 0.29) is 18.5 Å². The Hall–Kier alpha value is -0.950. The molecule has 24 heavy (non-hydrogen) atoms. The maximum Gasteiger partial charge on any atom is 0.168 e. The third-order valence-corrected chi connectivity index (χ3v) is 5.47. The molecule has 0 aromatic carbocycles. The van der Waals surface area contributed by atoms with Gasteiger partial charge in [0.2, 0.25) is 0 Å². The molecular weight excluding hydrogens is 306 g/mol. The number of ether oxygens (including phenoxy) is 2. The van der Waals surface area contributed by atoms with Crippen molar-refractivity contribution in [2.75, 3.05) is 19.8 Å². The van der Waals surface area contributed by atoms with Gasteiger partial charge in [0.1, 0.15) is 0 Å². The maximum atomic E-state index is 9.09. The van der Waals surface area contributed by atoms with E-state index >= 15 is 0 Å². The molecule has 3 rings (SSSR count). The van der Waals surface area contributed by atoms with Gasteiger partial charge >= 0.3 is 0 Å². The zero-order valence-electron chi connectivity index (χ0n) is 15.2. The van der Waals surface area contributed by atoms with Crippen molar-refractivity contribution in [1.82, 2.24) is 15.1 Å². The number of nitrogens with zero attached hydrogens (tertiary/aromatic N) is 2. The first-order chi connectivity index (χ1) is 11.5. The molecule has 0 amide bonds. The van der Waals surface area contributed by atoms with E-state index in [9.17, 15) is 0 Å². The summed E-state index contributed by atoms with van der Waals surface area (Å²) in [5.41, 5.74) is 3.36. The lowest BCUT2D eigenvalue weighted by Gasteiger charge is -2.34. The minimum Gasteiger partial charge on any atom is -0.394 e. The number of hydrogen-bond acceptors (Lipinski definition) is 5. The van der Waals surface area contributed by atoms with Gasteiger partial charge in [0.25, 0.3) is 0 Å². The van der Waals surface area contributed by atoms with E-state index in [1.165, 1.54) is 18.4 Å². The standard InChI is InChI=1S/C18H31N3O3/c1-13-4-6-18(7-5-13)23-12-16(24-18)10-19-11-17-14(2)20-21(8-9-22)15(17)3/h13,16,19,22H,4-12H2,1-3H3. The van der Waals surface area contributed by atoms with Crippen LogP contribution < -0.4 is 5.32 Å². The molecule has 1 aliphatic heterocycles. The summed E-state index contributed by atoms with van der Waals surface area (Å²) in [6.07, 6.45) is 4.57. The fourth-order valence-corrected chi connectivity index (χ4v) is 3.84. The fraction of sp³-hybridized carbons (Fsp3) is 0.833. The monoisotopic (exact) mass is 337 g/mol. The zero-order valence-corrected chi connectivity index (χ0v) is 15.2. The molecule has 0 bridgehead atoms. The summed E-state index contributed by atoms with van der Waals surface area (Å²) in [5, 5.41) is 17.1. The summed E-state index contributed by atoms with van der Waals surface area (Å²) < 4.78 is 14.1. The predicted molar refractivity (Wildman–Crippen MR) is 91.7 cm³/mol. The van der Waals surface area contributed by atoms with Crippen LogP contribution in [0.2, 0.25) is 0 Å². The number of nitrogens with one attached hydrogen (secondary N) is 1. The normalized spacial score (nSPS) is 30.3. The van der Waals surface area contributed by atoms with Crippen molar-refractivity contribution in [3.63, 3.8) is 0 Å². The van der Waals surface area contributed by atoms with Crippen LogP contribution in [0.3, 0.4) is 0 Å². The second-order valence-corrected chi connectivity index (χ2v) is 7.37. The Balaban J connectivity index is 1.48. The van der Waals surface area contributed by atoms with Crippen molar-refractivity contribution < 1.29 is 14.6 Å². The van der Waals surface area contributed by atoms with Gasteiger partial charge in [-0.1, -0.05) is 6.92 Å². The molecule has 6 nitrogen and oxygen atoms in total. The van der Waals surface area contributed by atoms with E-state index in [0.29, 0.717) is 13.2 Å². The van der Waals surface area contributed by atoms with E-state index < -0.39 is 0 Å². The lowest BCUT2D eigenvalue weighted by molar-refractivity contribution is -0.191. The first-order valence-corrected chi connectivity index (χ1v) is 9.19. The van der Waals surface area contributed by atoms with Crippen molar-refractivity contribution in [2.24, 2.45) is 5.92 Å². The van der Waals surface area contributed by atoms with Crippen molar-refractivity contribution in [3.8, 4) is 0 Å². The van der Waals surface area contributed by atoms with Crippen LogP contribution in [0.25, 0.3) is 0 Å². The van der Waals surface area contributed by atoms with Crippen LogP contribution >= 0.6 is 0 Å². The number of aliphatic hydroxyl groups excluding tert-OH is 1. The van der Waals surface area contributed by atoms with Crippen molar-refractivity contribution in [1.29, 1.82) is 0 Å². The van der Waals surface area contributed by atoms with Gasteiger partial charge in [-0.3, -0.25) is 4.68 Å². The molecule has 2 fully saturated rings. The first kappa shape index (κ1) is 17.9. The Kier molecular flexibility index (Phi) is 5.59. The van der Waals surface area contributed by atoms with E-state index in [2.05, 4.69) is 24.3 Å². The van der Waals surface area contributed by atoms with Crippen LogP contribution in [-0.4, -0.2) is 46.5 Å². The molecule has 136 valence electrons. The summed E-state index contributed by atoms with van der Waals surface area (Å²) >= 11 is 0. The Morgan fingerprint density at radius 1 is 1.33 bits per heavy atom. The minimum atomic E-state index is -0.309. The topological polar surface area (TPSA) is 68.5 Å². The molecule has 2 N–H and O–H groups in total. The molecule has 2 heterocycles. The fourth-order valence-electron chi connectivity index (χ4n) is 3.84. The molecule has 0 radical (unpaired) electrons. The summed E-state index contributed by atoms with van der Waals surface area (Å²) in [5.74, 6) is 0.484. The van der Waals surface area contributed by atoms with Gasteiger partial charge in [0.15, 0.2) is 5.79 Å². The van der Waals surface area contributed by atoms with E-state index in [1.54, 1.807) is 0 Å². The molecule has 2 aliphatic rings. The second-order valence-electron chi connectivity index (χ2n) is 7.37. The summed E-state index contributed by atoms with van der Waals surface area (Å²) in [6, 6.07) is 0. The molecule has 1 saturated carbocycles. The van der Waals surface area contributed by atoms with Gasteiger partial charge in [-0.05, 0) is 32.6 Å². The SMILES string of the molecule is Cc1nn(CCO)c(C)c1CNCC1COC2(CCC(C)CC2)O1. The number of aliphatic hydroxyl groups is 1. The Labute approximate surface area is 144 Å². The number of aryl methyl sites for hydroxylation is 1. The average Bonchev–Trinajstić information content (AvgIpc) is 3.07. The molecule has 1 atom stereocenters. The quantitative estimate of drug-likeness (QED) is 0.830. The van der Waals surface area contributed by atoms with Crippen LogP contribution in [0, 0.1) is 19.8 Å². The number of hydrogen-bond donors (Lipinski definition) is 2. The highest BCUT2D eigenvalue weighted by Gasteiger charge is 2.43. The lowest BCUT2D eigenvalue weighted by Crippen LogP contribution is -2.37. The van der Waals surface area contributed by atoms with Crippen molar-refractivity contribution in [3.05, 3.63) is 17.0 Å². The van der Waals surface area contributed by atoms with Gasteiger partial charge in [-0.2, -0.15) is 5.10 Å². The molecule has 1 aliphatic carbocycles. The van der Waals surface area contributed by atoms with Crippen LogP contribution in [0.15, 0.2) is 0 Å². The molecule has 1 saturated heterocycles. The average molecular weight is 337 g/mol. The predicted octanol–water partition coefficient (Wildman–Crippen LogP) is 1.90. The van der Waals surface area contributed by atoms with Gasteiger partial charge in [-0.15, -0.1) is 0 Å². The molecule has 1 spiro atoms. The molecule has 1 aromatic rings. The highest BCUT2D eigenvalue weighted by atomic mass is 16.7. The van der Waals surface area contributed by atoms with E-state index in [4.69, 9.17) is 14.6 Å². The number of rotatable bonds is 6. The largest absolute Gasteiger partial charge is 0.394 e. The Bertz CT molecular complexity index is 550. The summed E-state index contributed by atoms with van der Waals surface area (Å²) in [4.78, 5) is 0. The summed E-state index contributed by atoms with van der Waals surface area (Å²) in [7, 11) is 0. The van der Waals surface area contributed by atoms with Crippen LogP contribution in [0.5, 0.6) is 0 Å². The Morgan fingerprint density at radius 3 is 2.79 bits per heavy atom. The number of aromatic nitrogens is 2. The van der Waals surface area contributed by atoms with Gasteiger partial charge in [0.05, 0.1) is 31.6 Å². The Morgan fingerprint density at radius 2 is 2.08 bits per heavy atom. The van der Waals surface area contributed by atoms with Crippen LogP contribution in [-0.2, 0) is 22.6 Å².